The Bertz CT molecular complexity index is 927. The molecule has 0 saturated heterocycles. The van der Waals surface area contributed by atoms with Gasteiger partial charge in [0.1, 0.15) is 11.6 Å². The van der Waals surface area contributed by atoms with E-state index in [0.717, 1.165) is 0 Å². The zero-order chi connectivity index (χ0) is 19.9. The molecule has 0 unspecified atom stereocenters. The molecule has 8 heteroatoms. The first-order valence-electron chi connectivity index (χ1n) is 8.52. The minimum Gasteiger partial charge on any atom is -0.493 e. The molecule has 0 saturated carbocycles. The summed E-state index contributed by atoms with van der Waals surface area (Å²) in [5, 5.41) is 6.19. The van der Waals surface area contributed by atoms with Crippen LogP contribution in [0, 0.1) is 5.82 Å². The average Bonchev–Trinajstić information content (AvgIpc) is 2.72. The number of hydrogen-bond donors (Lipinski definition) is 2. The predicted molar refractivity (Wildman–Crippen MR) is 105 cm³/mol. The van der Waals surface area contributed by atoms with Gasteiger partial charge in [-0.3, -0.25) is 0 Å². The second-order valence-electron chi connectivity index (χ2n) is 5.75. The van der Waals surface area contributed by atoms with Crippen LogP contribution in [0.3, 0.4) is 0 Å². The van der Waals surface area contributed by atoms with E-state index < -0.39 is 0 Å². The van der Waals surface area contributed by atoms with Gasteiger partial charge in [0.15, 0.2) is 11.5 Å². The molecule has 0 amide bonds. The highest BCUT2D eigenvalue weighted by Crippen LogP contribution is 2.40. The second-order valence-corrected chi connectivity index (χ2v) is 5.75. The summed E-state index contributed by atoms with van der Waals surface area (Å²) < 4.78 is 29.8. The van der Waals surface area contributed by atoms with Gasteiger partial charge in [0.05, 0.1) is 21.3 Å². The maximum absolute atomic E-state index is 13.7. The average molecular weight is 384 g/mol. The van der Waals surface area contributed by atoms with Crippen LogP contribution in [0.5, 0.6) is 17.2 Å². The first-order chi connectivity index (χ1) is 13.6. The predicted octanol–water partition coefficient (Wildman–Crippen LogP) is 4.00. The summed E-state index contributed by atoms with van der Waals surface area (Å²) in [6.45, 7) is 0.313. The Hall–Kier alpha value is -3.55. The van der Waals surface area contributed by atoms with Gasteiger partial charge in [-0.15, -0.1) is 0 Å². The molecule has 3 rings (SSSR count). The van der Waals surface area contributed by atoms with Gasteiger partial charge in [-0.2, -0.15) is 4.98 Å². The fourth-order valence-corrected chi connectivity index (χ4v) is 2.63. The summed E-state index contributed by atoms with van der Waals surface area (Å²) >= 11 is 0. The summed E-state index contributed by atoms with van der Waals surface area (Å²) in [6, 6.07) is 11.8. The topological polar surface area (TPSA) is 77.5 Å². The van der Waals surface area contributed by atoms with E-state index in [1.165, 1.54) is 6.07 Å². The van der Waals surface area contributed by atoms with E-state index in [1.54, 1.807) is 63.9 Å². The Labute approximate surface area is 162 Å². The lowest BCUT2D eigenvalue weighted by Gasteiger charge is -2.15. The number of methoxy groups -OCH3 is 3. The van der Waals surface area contributed by atoms with Crippen LogP contribution in [0.2, 0.25) is 0 Å². The molecule has 0 spiro atoms. The lowest BCUT2D eigenvalue weighted by molar-refractivity contribution is 0.324. The highest BCUT2D eigenvalue weighted by atomic mass is 19.1. The van der Waals surface area contributed by atoms with Gasteiger partial charge in [0.25, 0.3) is 0 Å². The number of hydrogen-bond acceptors (Lipinski definition) is 7. The maximum Gasteiger partial charge on any atom is 0.229 e. The molecule has 0 fully saturated rings. The number of ether oxygens (including phenoxy) is 3. The lowest BCUT2D eigenvalue weighted by atomic mass is 10.2. The Morgan fingerprint density at radius 2 is 1.68 bits per heavy atom. The summed E-state index contributed by atoms with van der Waals surface area (Å²) in [6.07, 6.45) is 1.61. The monoisotopic (exact) mass is 384 g/mol. The standard InChI is InChI=1S/C20H21FN4O3/c1-26-16-10-14(11-17(27-2)19(16)28-3)24-20-22-9-8-18(25-20)23-12-13-6-4-5-7-15(13)21/h4-11H,12H2,1-3H3,(H2,22,23,24,25). The number of anilines is 3. The van der Waals surface area contributed by atoms with Crippen molar-refractivity contribution in [1.29, 1.82) is 0 Å². The zero-order valence-electron chi connectivity index (χ0n) is 15.8. The van der Waals surface area contributed by atoms with Crippen molar-refractivity contribution in [2.75, 3.05) is 32.0 Å². The van der Waals surface area contributed by atoms with E-state index >= 15 is 0 Å². The van der Waals surface area contributed by atoms with Crippen molar-refractivity contribution < 1.29 is 18.6 Å². The third-order valence-electron chi connectivity index (χ3n) is 3.99. The van der Waals surface area contributed by atoms with Crippen LogP contribution in [-0.2, 0) is 6.54 Å². The molecule has 2 aromatic carbocycles. The van der Waals surface area contributed by atoms with E-state index in [9.17, 15) is 4.39 Å². The van der Waals surface area contributed by atoms with Crippen molar-refractivity contribution in [2.24, 2.45) is 0 Å². The van der Waals surface area contributed by atoms with Gasteiger partial charge in [-0.25, -0.2) is 9.37 Å². The molecule has 7 nitrogen and oxygen atoms in total. The SMILES string of the molecule is COc1cc(Nc2nccc(NCc3ccccc3F)n2)cc(OC)c1OC. The van der Waals surface area contributed by atoms with Gasteiger partial charge < -0.3 is 24.8 Å². The molecule has 0 aliphatic rings. The molecule has 2 N–H and O–H groups in total. The van der Waals surface area contributed by atoms with Crippen LogP contribution in [0.25, 0.3) is 0 Å². The Morgan fingerprint density at radius 3 is 2.32 bits per heavy atom. The first kappa shape index (κ1) is 19.2. The number of aromatic nitrogens is 2. The Kier molecular flexibility index (Phi) is 6.11. The highest BCUT2D eigenvalue weighted by Gasteiger charge is 2.14. The second kappa shape index (κ2) is 8.90. The van der Waals surface area contributed by atoms with Crippen LogP contribution >= 0.6 is 0 Å². The van der Waals surface area contributed by atoms with Crippen molar-refractivity contribution in [3.63, 3.8) is 0 Å². The van der Waals surface area contributed by atoms with Crippen LogP contribution < -0.4 is 24.8 Å². The van der Waals surface area contributed by atoms with Gasteiger partial charge >= 0.3 is 0 Å². The van der Waals surface area contributed by atoms with Crippen molar-refractivity contribution in [3.05, 3.63) is 60.0 Å². The number of benzene rings is 2. The van der Waals surface area contributed by atoms with E-state index in [2.05, 4.69) is 20.6 Å². The molecule has 0 atom stereocenters. The Balaban J connectivity index is 1.77. The molecule has 1 heterocycles. The minimum absolute atomic E-state index is 0.264. The zero-order valence-corrected chi connectivity index (χ0v) is 15.8. The van der Waals surface area contributed by atoms with Crippen LogP contribution in [-0.4, -0.2) is 31.3 Å². The highest BCUT2D eigenvalue weighted by molar-refractivity contribution is 5.66. The molecule has 28 heavy (non-hydrogen) atoms. The number of rotatable bonds is 8. The van der Waals surface area contributed by atoms with Crippen molar-refractivity contribution in [3.8, 4) is 17.2 Å². The quantitative estimate of drug-likeness (QED) is 0.608. The van der Waals surface area contributed by atoms with E-state index in [1.807, 2.05) is 0 Å². The van der Waals surface area contributed by atoms with Crippen molar-refractivity contribution >= 4 is 17.5 Å². The summed E-state index contributed by atoms with van der Waals surface area (Å²) in [5.74, 6) is 2.19. The van der Waals surface area contributed by atoms with Crippen molar-refractivity contribution in [2.45, 2.75) is 6.54 Å². The molecular weight excluding hydrogens is 363 g/mol. The smallest absolute Gasteiger partial charge is 0.229 e. The largest absolute Gasteiger partial charge is 0.493 e. The number of nitrogens with zero attached hydrogens (tertiary/aromatic N) is 2. The van der Waals surface area contributed by atoms with E-state index in [0.29, 0.717) is 46.8 Å². The van der Waals surface area contributed by atoms with Crippen molar-refractivity contribution in [1.82, 2.24) is 9.97 Å². The number of halogens is 1. The number of nitrogens with one attached hydrogen (secondary N) is 2. The molecule has 0 radical (unpaired) electrons. The van der Waals surface area contributed by atoms with Gasteiger partial charge in [-0.05, 0) is 12.1 Å². The van der Waals surface area contributed by atoms with E-state index in [-0.39, 0.29) is 5.82 Å². The molecule has 0 aliphatic carbocycles. The molecule has 0 bridgehead atoms. The minimum atomic E-state index is -0.264. The summed E-state index contributed by atoms with van der Waals surface area (Å²) in [5.41, 5.74) is 1.22. The lowest BCUT2D eigenvalue weighted by Crippen LogP contribution is -2.05. The fourth-order valence-electron chi connectivity index (χ4n) is 2.63. The third kappa shape index (κ3) is 4.40. The molecule has 1 aromatic heterocycles. The van der Waals surface area contributed by atoms with Gasteiger partial charge in [0.2, 0.25) is 11.7 Å². The van der Waals surface area contributed by atoms with Gasteiger partial charge in [0, 0.05) is 36.1 Å². The van der Waals surface area contributed by atoms with Crippen LogP contribution in [0.1, 0.15) is 5.56 Å². The normalized spacial score (nSPS) is 10.3. The fraction of sp³-hybridized carbons (Fsp3) is 0.200. The summed E-state index contributed by atoms with van der Waals surface area (Å²) in [7, 11) is 4.64. The molecule has 0 aliphatic heterocycles. The molecule has 3 aromatic rings. The molecule has 146 valence electrons. The van der Waals surface area contributed by atoms with E-state index in [4.69, 9.17) is 14.2 Å². The molecular formula is C20H21FN4O3. The van der Waals surface area contributed by atoms with Crippen LogP contribution in [0.15, 0.2) is 48.7 Å². The first-order valence-corrected chi connectivity index (χ1v) is 8.52. The van der Waals surface area contributed by atoms with Crippen LogP contribution in [0.4, 0.5) is 21.8 Å². The third-order valence-corrected chi connectivity index (χ3v) is 3.99. The maximum atomic E-state index is 13.7. The van der Waals surface area contributed by atoms with Gasteiger partial charge in [-0.1, -0.05) is 18.2 Å². The summed E-state index contributed by atoms with van der Waals surface area (Å²) in [4.78, 5) is 8.61. The Morgan fingerprint density at radius 1 is 0.964 bits per heavy atom.